The van der Waals surface area contributed by atoms with Crippen LogP contribution in [0.4, 0.5) is 0 Å². The summed E-state index contributed by atoms with van der Waals surface area (Å²) < 4.78 is 18.4. The fourth-order valence-electron chi connectivity index (χ4n) is 4.51. The Bertz CT molecular complexity index is 1320. The fourth-order valence-corrected chi connectivity index (χ4v) is 5.48. The summed E-state index contributed by atoms with van der Waals surface area (Å²) >= 11 is 1.58. The van der Waals surface area contributed by atoms with Crippen molar-refractivity contribution in [3.8, 4) is 27.4 Å². The van der Waals surface area contributed by atoms with Crippen LogP contribution in [0, 0.1) is 5.41 Å². The molecule has 0 amide bonds. The Hall–Kier alpha value is -2.97. The van der Waals surface area contributed by atoms with E-state index in [1.807, 2.05) is 19.2 Å². The lowest BCUT2D eigenvalue weighted by molar-refractivity contribution is 0.0523. The zero-order chi connectivity index (χ0) is 25.5. The van der Waals surface area contributed by atoms with Gasteiger partial charge in [-0.3, -0.25) is 4.79 Å². The first-order chi connectivity index (χ1) is 16.6. The molecule has 8 heteroatoms. The normalized spacial score (nSPS) is 15.8. The smallest absolute Gasteiger partial charge is 0.343 e. The number of esters is 1. The second kappa shape index (κ2) is 9.59. The number of aromatic nitrogens is 2. The summed E-state index contributed by atoms with van der Waals surface area (Å²) in [7, 11) is 3.31. The molecule has 0 radical (unpaired) electrons. The second-order valence-electron chi connectivity index (χ2n) is 9.80. The number of rotatable bonds is 6. The van der Waals surface area contributed by atoms with E-state index < -0.39 is 5.97 Å². The Kier molecular flexibility index (Phi) is 6.88. The molecule has 0 aliphatic carbocycles. The summed E-state index contributed by atoms with van der Waals surface area (Å²) in [6.45, 7) is 10.4. The van der Waals surface area contributed by atoms with Crippen molar-refractivity contribution >= 4 is 17.3 Å². The van der Waals surface area contributed by atoms with Gasteiger partial charge in [-0.15, -0.1) is 11.3 Å². The van der Waals surface area contributed by atoms with E-state index in [2.05, 4.69) is 36.4 Å². The molecule has 0 saturated heterocycles. The lowest BCUT2D eigenvalue weighted by atomic mass is 9.78. The molecule has 0 spiro atoms. The molecule has 1 aromatic carbocycles. The number of hydrogen-bond acceptors (Lipinski definition) is 7. The van der Waals surface area contributed by atoms with Gasteiger partial charge < -0.3 is 18.8 Å². The van der Waals surface area contributed by atoms with Crippen molar-refractivity contribution in [3.05, 3.63) is 57.0 Å². The number of benzene rings is 1. The molecule has 2 aromatic heterocycles. The van der Waals surface area contributed by atoms with E-state index >= 15 is 0 Å². The number of ether oxygens (including phenoxy) is 3. The predicted molar refractivity (Wildman–Crippen MR) is 137 cm³/mol. The topological polar surface area (TPSA) is 79.7 Å². The largest absolute Gasteiger partial charge is 0.496 e. The van der Waals surface area contributed by atoms with E-state index in [1.165, 1.54) is 0 Å². The molecule has 1 aliphatic heterocycles. The van der Waals surface area contributed by atoms with Crippen LogP contribution in [-0.4, -0.2) is 36.3 Å². The number of nitrogens with zero attached hydrogens (tertiary/aromatic N) is 2. The first kappa shape index (κ1) is 25.1. The highest BCUT2D eigenvalue weighted by Crippen LogP contribution is 2.46. The number of thiazole rings is 1. The van der Waals surface area contributed by atoms with Crippen LogP contribution in [0.5, 0.6) is 5.75 Å². The average molecular weight is 497 g/mol. The van der Waals surface area contributed by atoms with Crippen molar-refractivity contribution in [1.29, 1.82) is 0 Å². The van der Waals surface area contributed by atoms with E-state index in [9.17, 15) is 9.59 Å². The van der Waals surface area contributed by atoms with E-state index in [4.69, 9.17) is 14.2 Å². The van der Waals surface area contributed by atoms with E-state index in [-0.39, 0.29) is 35.2 Å². The molecular weight excluding hydrogens is 464 g/mol. The standard InChI is InChI=1S/C27H32N2O5S/c1-8-34-26(31)19-14-29-20(12-21(19)30)17-11-22(33-7)18(9-16(17)10-24(29)27(3,4)5)23-13-28-25(35-23)15(2)32-6/h9,11-15,24H,8,10H2,1-7H3. The lowest BCUT2D eigenvalue weighted by Gasteiger charge is -2.39. The molecule has 0 saturated carbocycles. The number of pyridine rings is 1. The zero-order valence-corrected chi connectivity index (χ0v) is 22.1. The number of hydrogen-bond donors (Lipinski definition) is 0. The number of methoxy groups -OCH3 is 2. The maximum Gasteiger partial charge on any atom is 0.343 e. The zero-order valence-electron chi connectivity index (χ0n) is 21.3. The van der Waals surface area contributed by atoms with Crippen LogP contribution in [0.3, 0.4) is 0 Å². The molecule has 35 heavy (non-hydrogen) atoms. The van der Waals surface area contributed by atoms with Crippen molar-refractivity contribution in [2.75, 3.05) is 20.8 Å². The van der Waals surface area contributed by atoms with Crippen molar-refractivity contribution in [2.24, 2.45) is 5.41 Å². The van der Waals surface area contributed by atoms with Gasteiger partial charge >= 0.3 is 5.97 Å². The summed E-state index contributed by atoms with van der Waals surface area (Å²) in [6.07, 6.45) is 4.17. The third-order valence-electron chi connectivity index (χ3n) is 6.52. The molecule has 0 fully saturated rings. The Morgan fingerprint density at radius 2 is 1.97 bits per heavy atom. The Balaban J connectivity index is 1.91. The highest BCUT2D eigenvalue weighted by molar-refractivity contribution is 7.15. The fraction of sp³-hybridized carbons (Fsp3) is 0.444. The summed E-state index contributed by atoms with van der Waals surface area (Å²) in [5, 5.41) is 0.901. The molecule has 3 aromatic rings. The minimum absolute atomic E-state index is 0.0329. The Morgan fingerprint density at radius 1 is 1.23 bits per heavy atom. The minimum atomic E-state index is -0.592. The van der Waals surface area contributed by atoms with E-state index in [0.29, 0.717) is 5.75 Å². The predicted octanol–water partition coefficient (Wildman–Crippen LogP) is 5.67. The number of fused-ring (bicyclic) bond motifs is 3. The molecule has 7 nitrogen and oxygen atoms in total. The first-order valence-corrected chi connectivity index (χ1v) is 12.5. The number of carbonyl (C=O) groups excluding carboxylic acids is 1. The lowest BCUT2D eigenvalue weighted by Crippen LogP contribution is -2.33. The molecule has 186 valence electrons. The maximum absolute atomic E-state index is 12.9. The van der Waals surface area contributed by atoms with Crippen LogP contribution < -0.4 is 10.2 Å². The monoisotopic (exact) mass is 496 g/mol. The quantitative estimate of drug-likeness (QED) is 0.409. The highest BCUT2D eigenvalue weighted by Gasteiger charge is 2.34. The second-order valence-corrected chi connectivity index (χ2v) is 10.9. The minimum Gasteiger partial charge on any atom is -0.496 e. The van der Waals surface area contributed by atoms with Gasteiger partial charge in [-0.2, -0.15) is 0 Å². The number of carbonyl (C=O) groups is 1. The third kappa shape index (κ3) is 4.65. The van der Waals surface area contributed by atoms with Gasteiger partial charge in [0.05, 0.1) is 24.3 Å². The van der Waals surface area contributed by atoms with Gasteiger partial charge in [0, 0.05) is 42.7 Å². The van der Waals surface area contributed by atoms with Crippen molar-refractivity contribution in [1.82, 2.24) is 9.55 Å². The van der Waals surface area contributed by atoms with Crippen LogP contribution in [0.1, 0.15) is 67.7 Å². The average Bonchev–Trinajstić information content (AvgIpc) is 3.31. The van der Waals surface area contributed by atoms with E-state index in [1.54, 1.807) is 44.7 Å². The van der Waals surface area contributed by atoms with Crippen LogP contribution in [0.25, 0.3) is 21.7 Å². The van der Waals surface area contributed by atoms with Gasteiger partial charge in [-0.1, -0.05) is 20.8 Å². The van der Waals surface area contributed by atoms with Crippen LogP contribution in [0.2, 0.25) is 0 Å². The van der Waals surface area contributed by atoms with Gasteiger partial charge in [-0.25, -0.2) is 9.78 Å². The molecule has 0 N–H and O–H groups in total. The highest BCUT2D eigenvalue weighted by atomic mass is 32.1. The molecule has 2 atom stereocenters. The van der Waals surface area contributed by atoms with E-state index in [0.717, 1.165) is 38.7 Å². The third-order valence-corrected chi connectivity index (χ3v) is 7.71. The molecule has 1 aliphatic rings. The van der Waals surface area contributed by atoms with Gasteiger partial charge in [0.2, 0.25) is 0 Å². The Morgan fingerprint density at radius 3 is 2.60 bits per heavy atom. The van der Waals surface area contributed by atoms with Crippen LogP contribution in [0.15, 0.2) is 35.4 Å². The summed E-state index contributed by atoms with van der Waals surface area (Å²) in [4.78, 5) is 30.9. The molecule has 3 heterocycles. The molecular formula is C27H32N2O5S. The summed E-state index contributed by atoms with van der Waals surface area (Å²) in [6, 6.07) is 5.71. The molecule has 2 unspecified atom stereocenters. The van der Waals surface area contributed by atoms with Crippen molar-refractivity contribution < 1.29 is 19.0 Å². The first-order valence-electron chi connectivity index (χ1n) is 11.7. The van der Waals surface area contributed by atoms with Crippen molar-refractivity contribution in [2.45, 2.75) is 53.2 Å². The maximum atomic E-state index is 12.9. The van der Waals surface area contributed by atoms with Crippen molar-refractivity contribution in [3.63, 3.8) is 0 Å². The van der Waals surface area contributed by atoms with Gasteiger partial charge in [0.15, 0.2) is 5.43 Å². The summed E-state index contributed by atoms with van der Waals surface area (Å²) in [5.41, 5.74) is 3.36. The summed E-state index contributed by atoms with van der Waals surface area (Å²) in [5.74, 6) is 0.108. The van der Waals surface area contributed by atoms with Gasteiger partial charge in [0.25, 0.3) is 0 Å². The SMILES string of the molecule is CCOC(=O)c1cn2c(cc1=O)-c1cc(OC)c(-c3cnc(C(C)OC)s3)cc1CC2C(C)(C)C. The van der Waals surface area contributed by atoms with Crippen LogP contribution in [-0.2, 0) is 15.9 Å². The molecule has 0 bridgehead atoms. The molecule has 4 rings (SSSR count). The van der Waals surface area contributed by atoms with Crippen LogP contribution >= 0.6 is 11.3 Å². The van der Waals surface area contributed by atoms with Gasteiger partial charge in [-0.05, 0) is 43.4 Å². The van der Waals surface area contributed by atoms with Gasteiger partial charge in [0.1, 0.15) is 22.4 Å². The Labute approximate surface area is 209 Å².